The first-order valence-corrected chi connectivity index (χ1v) is 5.99. The molecule has 0 bridgehead atoms. The van der Waals surface area contributed by atoms with Gasteiger partial charge >= 0.3 is 0 Å². The van der Waals surface area contributed by atoms with Gasteiger partial charge < -0.3 is 15.2 Å². The molecule has 1 unspecified atom stereocenters. The van der Waals surface area contributed by atoms with Gasteiger partial charge in [-0.3, -0.25) is 4.90 Å². The number of nitrogens with two attached hydrogens (primary N) is 1. The third-order valence-corrected chi connectivity index (χ3v) is 3.06. The number of hydrogen-bond donors (Lipinski definition) is 1. The first-order chi connectivity index (χ1) is 7.50. The van der Waals surface area contributed by atoms with Gasteiger partial charge in [0.1, 0.15) is 0 Å². The smallest absolute Gasteiger partial charge is 0.0638 e. The summed E-state index contributed by atoms with van der Waals surface area (Å²) in [6.07, 6.45) is 0.942. The zero-order chi connectivity index (χ0) is 12.6. The molecule has 0 aromatic rings. The van der Waals surface area contributed by atoms with Crippen LogP contribution in [0.5, 0.6) is 0 Å². The molecule has 98 valence electrons. The summed E-state index contributed by atoms with van der Waals surface area (Å²) in [5.74, 6) is 0. The highest BCUT2D eigenvalue weighted by atomic mass is 16.5. The summed E-state index contributed by atoms with van der Waals surface area (Å²) >= 11 is 0. The van der Waals surface area contributed by atoms with E-state index in [1.807, 2.05) is 0 Å². The van der Waals surface area contributed by atoms with Gasteiger partial charge in [-0.15, -0.1) is 0 Å². The standard InChI is InChI=1S/C12H28N2O2/c1-6-14(7-8-15-4)11(10-13)9-12(2,3)16-5/h11H,6-10,13H2,1-5H3. The summed E-state index contributed by atoms with van der Waals surface area (Å²) in [5, 5.41) is 0. The first kappa shape index (κ1) is 15.8. The molecule has 0 aliphatic carbocycles. The van der Waals surface area contributed by atoms with Crippen molar-refractivity contribution in [1.82, 2.24) is 4.90 Å². The average Bonchev–Trinajstić information content (AvgIpc) is 2.28. The average molecular weight is 232 g/mol. The molecule has 0 radical (unpaired) electrons. The molecule has 2 N–H and O–H groups in total. The molecule has 0 rings (SSSR count). The van der Waals surface area contributed by atoms with Gasteiger partial charge in [-0.1, -0.05) is 6.92 Å². The molecule has 0 amide bonds. The lowest BCUT2D eigenvalue weighted by Gasteiger charge is -2.35. The lowest BCUT2D eigenvalue weighted by atomic mass is 9.97. The summed E-state index contributed by atoms with van der Waals surface area (Å²) in [5.41, 5.74) is 5.72. The van der Waals surface area contributed by atoms with E-state index in [4.69, 9.17) is 15.2 Å². The van der Waals surface area contributed by atoms with Crippen LogP contribution in [0.4, 0.5) is 0 Å². The molecular formula is C12H28N2O2. The van der Waals surface area contributed by atoms with Gasteiger partial charge in [0.25, 0.3) is 0 Å². The molecule has 0 aliphatic rings. The molecule has 0 aliphatic heterocycles. The van der Waals surface area contributed by atoms with Crippen molar-refractivity contribution in [3.05, 3.63) is 0 Å². The largest absolute Gasteiger partial charge is 0.383 e. The van der Waals surface area contributed by atoms with Crippen LogP contribution in [0, 0.1) is 0 Å². The molecule has 0 aromatic carbocycles. The van der Waals surface area contributed by atoms with E-state index in [0.717, 1.165) is 26.1 Å². The number of likely N-dealkylation sites (N-methyl/N-ethyl adjacent to an activating group) is 1. The van der Waals surface area contributed by atoms with Gasteiger partial charge in [-0.05, 0) is 26.8 Å². The molecule has 0 spiro atoms. The van der Waals surface area contributed by atoms with Crippen LogP contribution < -0.4 is 5.73 Å². The maximum Gasteiger partial charge on any atom is 0.0638 e. The minimum atomic E-state index is -0.121. The summed E-state index contributed by atoms with van der Waals surface area (Å²) in [6, 6.07) is 0.357. The molecule has 0 heterocycles. The van der Waals surface area contributed by atoms with Crippen molar-refractivity contribution in [2.75, 3.05) is 40.5 Å². The lowest BCUT2D eigenvalue weighted by molar-refractivity contribution is -0.00969. The fraction of sp³-hybridized carbons (Fsp3) is 1.00. The Hall–Kier alpha value is -0.160. The quantitative estimate of drug-likeness (QED) is 0.646. The van der Waals surface area contributed by atoms with Crippen LogP contribution >= 0.6 is 0 Å². The Kier molecular flexibility index (Phi) is 7.93. The topological polar surface area (TPSA) is 47.7 Å². The Bertz CT molecular complexity index is 174. The molecule has 4 nitrogen and oxygen atoms in total. The number of nitrogens with zero attached hydrogens (tertiary/aromatic N) is 1. The second-order valence-electron chi connectivity index (χ2n) is 4.68. The SMILES string of the molecule is CCN(CCOC)C(CN)CC(C)(C)OC. The van der Waals surface area contributed by atoms with Crippen LogP contribution in [0.2, 0.25) is 0 Å². The van der Waals surface area contributed by atoms with Crippen LogP contribution in [0.1, 0.15) is 27.2 Å². The lowest BCUT2D eigenvalue weighted by Crippen LogP contribution is -2.46. The van der Waals surface area contributed by atoms with Gasteiger partial charge in [-0.2, -0.15) is 0 Å². The number of methoxy groups -OCH3 is 2. The highest BCUT2D eigenvalue weighted by molar-refractivity contribution is 4.81. The van der Waals surface area contributed by atoms with Crippen LogP contribution in [0.15, 0.2) is 0 Å². The van der Waals surface area contributed by atoms with Gasteiger partial charge in [0, 0.05) is 33.4 Å². The summed E-state index contributed by atoms with van der Waals surface area (Å²) in [7, 11) is 3.48. The molecule has 4 heteroatoms. The third kappa shape index (κ3) is 5.80. The Labute approximate surface area is 100 Å². The van der Waals surface area contributed by atoms with Crippen molar-refractivity contribution < 1.29 is 9.47 Å². The fourth-order valence-electron chi connectivity index (χ4n) is 1.82. The molecule has 0 saturated carbocycles. The maximum atomic E-state index is 5.84. The van der Waals surface area contributed by atoms with Crippen LogP contribution in [-0.2, 0) is 9.47 Å². The van der Waals surface area contributed by atoms with E-state index in [0.29, 0.717) is 12.6 Å². The molecule has 1 atom stereocenters. The van der Waals surface area contributed by atoms with E-state index in [-0.39, 0.29) is 5.60 Å². The predicted octanol–water partition coefficient (Wildman–Crippen LogP) is 1.10. The van der Waals surface area contributed by atoms with Crippen LogP contribution in [0.3, 0.4) is 0 Å². The third-order valence-electron chi connectivity index (χ3n) is 3.06. The van der Waals surface area contributed by atoms with E-state index in [2.05, 4.69) is 25.7 Å². The van der Waals surface area contributed by atoms with E-state index in [1.54, 1.807) is 14.2 Å². The van der Waals surface area contributed by atoms with Crippen molar-refractivity contribution in [1.29, 1.82) is 0 Å². The fourth-order valence-corrected chi connectivity index (χ4v) is 1.82. The predicted molar refractivity (Wildman–Crippen MR) is 67.7 cm³/mol. The Morgan fingerprint density at radius 3 is 2.31 bits per heavy atom. The Morgan fingerprint density at radius 1 is 1.31 bits per heavy atom. The highest BCUT2D eigenvalue weighted by Gasteiger charge is 2.25. The van der Waals surface area contributed by atoms with Crippen LogP contribution in [0.25, 0.3) is 0 Å². The second-order valence-corrected chi connectivity index (χ2v) is 4.68. The normalized spacial score (nSPS) is 14.4. The van der Waals surface area contributed by atoms with Crippen molar-refractivity contribution in [2.45, 2.75) is 38.8 Å². The monoisotopic (exact) mass is 232 g/mol. The van der Waals surface area contributed by atoms with Crippen molar-refractivity contribution in [3.63, 3.8) is 0 Å². The van der Waals surface area contributed by atoms with E-state index < -0.39 is 0 Å². The molecule has 0 fully saturated rings. The zero-order valence-electron chi connectivity index (χ0n) is 11.5. The van der Waals surface area contributed by atoms with Gasteiger partial charge in [0.2, 0.25) is 0 Å². The van der Waals surface area contributed by atoms with Crippen LogP contribution in [-0.4, -0.2) is 57.0 Å². The Balaban J connectivity index is 4.31. The second kappa shape index (κ2) is 8.01. The van der Waals surface area contributed by atoms with Gasteiger partial charge in [-0.25, -0.2) is 0 Å². The molecule has 0 saturated heterocycles. The highest BCUT2D eigenvalue weighted by Crippen LogP contribution is 2.18. The van der Waals surface area contributed by atoms with E-state index in [1.165, 1.54) is 0 Å². The van der Waals surface area contributed by atoms with E-state index >= 15 is 0 Å². The van der Waals surface area contributed by atoms with Gasteiger partial charge in [0.15, 0.2) is 0 Å². The minimum absolute atomic E-state index is 0.121. The first-order valence-electron chi connectivity index (χ1n) is 5.99. The van der Waals surface area contributed by atoms with Crippen molar-refractivity contribution in [2.24, 2.45) is 5.73 Å². The van der Waals surface area contributed by atoms with Gasteiger partial charge in [0.05, 0.1) is 12.2 Å². The summed E-state index contributed by atoms with van der Waals surface area (Å²) in [4.78, 5) is 2.35. The van der Waals surface area contributed by atoms with Crippen molar-refractivity contribution in [3.8, 4) is 0 Å². The molecular weight excluding hydrogens is 204 g/mol. The minimum Gasteiger partial charge on any atom is -0.383 e. The maximum absolute atomic E-state index is 5.84. The van der Waals surface area contributed by atoms with E-state index in [9.17, 15) is 0 Å². The van der Waals surface area contributed by atoms with Crippen molar-refractivity contribution >= 4 is 0 Å². The molecule has 0 aromatic heterocycles. The zero-order valence-corrected chi connectivity index (χ0v) is 11.5. The Morgan fingerprint density at radius 2 is 1.94 bits per heavy atom. The number of rotatable bonds is 9. The number of hydrogen-bond acceptors (Lipinski definition) is 4. The molecule has 16 heavy (non-hydrogen) atoms. The number of ether oxygens (including phenoxy) is 2. The summed E-state index contributed by atoms with van der Waals surface area (Å²) < 4.78 is 10.6. The summed E-state index contributed by atoms with van der Waals surface area (Å²) in [6.45, 7) is 9.67.